The van der Waals surface area contributed by atoms with Gasteiger partial charge in [-0.2, -0.15) is 4.37 Å². The molecular weight excluding hydrogens is 144 g/mol. The molecule has 0 aliphatic heterocycles. The average molecular weight is 150 g/mol. The second-order valence-corrected chi connectivity index (χ2v) is 2.97. The molecule has 0 fully saturated rings. The summed E-state index contributed by atoms with van der Waals surface area (Å²) in [6, 6.07) is 2.00. The van der Waals surface area contributed by atoms with Gasteiger partial charge in [-0.15, -0.1) is 0 Å². The van der Waals surface area contributed by atoms with Crippen molar-refractivity contribution in [2.75, 3.05) is 0 Å². The fourth-order valence-corrected chi connectivity index (χ4v) is 1.57. The van der Waals surface area contributed by atoms with Gasteiger partial charge in [0, 0.05) is 6.20 Å². The van der Waals surface area contributed by atoms with E-state index in [1.165, 1.54) is 21.8 Å². The number of hydrogen-bond donors (Lipinski definition) is 0. The molecule has 2 nitrogen and oxygen atoms in total. The van der Waals surface area contributed by atoms with E-state index in [2.05, 4.69) is 16.3 Å². The lowest BCUT2D eigenvalue weighted by atomic mass is 10.3. The van der Waals surface area contributed by atoms with E-state index >= 15 is 0 Å². The van der Waals surface area contributed by atoms with Gasteiger partial charge in [0.1, 0.15) is 5.52 Å². The summed E-state index contributed by atoms with van der Waals surface area (Å²) in [6.07, 6.45) is 3.61. The Labute approximate surface area is 62.7 Å². The van der Waals surface area contributed by atoms with E-state index in [1.54, 1.807) is 6.20 Å². The molecule has 0 saturated heterocycles. The number of pyridine rings is 1. The van der Waals surface area contributed by atoms with Crippen LogP contribution in [0.1, 0.15) is 5.56 Å². The van der Waals surface area contributed by atoms with Gasteiger partial charge in [-0.1, -0.05) is 0 Å². The predicted molar refractivity (Wildman–Crippen MR) is 42.2 cm³/mol. The summed E-state index contributed by atoms with van der Waals surface area (Å²) >= 11 is 1.50. The minimum absolute atomic E-state index is 1.00. The predicted octanol–water partition coefficient (Wildman–Crippen LogP) is 2.00. The summed E-state index contributed by atoms with van der Waals surface area (Å²) in [7, 11) is 0. The van der Waals surface area contributed by atoms with Crippen LogP contribution in [0.4, 0.5) is 0 Å². The first-order valence-corrected chi connectivity index (χ1v) is 3.81. The lowest BCUT2D eigenvalue weighted by Gasteiger charge is -1.89. The maximum absolute atomic E-state index is 4.15. The van der Waals surface area contributed by atoms with Gasteiger partial charge >= 0.3 is 0 Å². The second kappa shape index (κ2) is 2.02. The first-order chi connectivity index (χ1) is 4.88. The fraction of sp³-hybridized carbons (Fsp3) is 0.143. The van der Waals surface area contributed by atoms with Gasteiger partial charge in [0.2, 0.25) is 0 Å². The lowest BCUT2D eigenvalue weighted by molar-refractivity contribution is 1.38. The molecular formula is C7H6N2S. The third-order valence-electron chi connectivity index (χ3n) is 1.45. The summed E-state index contributed by atoms with van der Waals surface area (Å²) in [5.74, 6) is 0. The molecule has 3 heteroatoms. The normalized spacial score (nSPS) is 10.5. The molecule has 0 atom stereocenters. The van der Waals surface area contributed by atoms with Crippen molar-refractivity contribution in [2.24, 2.45) is 0 Å². The van der Waals surface area contributed by atoms with E-state index in [9.17, 15) is 0 Å². The standard InChI is InChI=1S/C7H6N2S/c1-5-2-3-8-6-4-9-10-7(5)6/h2-4H,1H3. The molecule has 0 aliphatic carbocycles. The molecule has 0 aromatic carbocycles. The molecule has 10 heavy (non-hydrogen) atoms. The van der Waals surface area contributed by atoms with E-state index in [0.717, 1.165) is 5.52 Å². The third-order valence-corrected chi connectivity index (χ3v) is 2.37. The first-order valence-electron chi connectivity index (χ1n) is 3.04. The number of nitrogens with zero attached hydrogens (tertiary/aromatic N) is 2. The highest BCUT2D eigenvalue weighted by atomic mass is 32.1. The van der Waals surface area contributed by atoms with Crippen molar-refractivity contribution in [2.45, 2.75) is 6.92 Å². The Morgan fingerprint density at radius 2 is 2.40 bits per heavy atom. The number of fused-ring (bicyclic) bond motifs is 1. The fourth-order valence-electron chi connectivity index (χ4n) is 0.905. The number of aromatic nitrogens is 2. The number of aryl methyl sites for hydroxylation is 1. The minimum atomic E-state index is 1.00. The van der Waals surface area contributed by atoms with Crippen molar-refractivity contribution in [3.8, 4) is 0 Å². The maximum Gasteiger partial charge on any atom is 0.101 e. The van der Waals surface area contributed by atoms with Crippen molar-refractivity contribution in [1.82, 2.24) is 9.36 Å². The smallest absolute Gasteiger partial charge is 0.101 e. The van der Waals surface area contributed by atoms with Gasteiger partial charge in [0.25, 0.3) is 0 Å². The zero-order valence-electron chi connectivity index (χ0n) is 5.53. The van der Waals surface area contributed by atoms with Gasteiger partial charge in [-0.3, -0.25) is 4.98 Å². The second-order valence-electron chi connectivity index (χ2n) is 2.17. The largest absolute Gasteiger partial charge is 0.254 e. The van der Waals surface area contributed by atoms with Gasteiger partial charge < -0.3 is 0 Å². The average Bonchev–Trinajstić information content (AvgIpc) is 2.36. The Bertz CT molecular complexity index is 353. The molecule has 0 saturated carbocycles. The Morgan fingerprint density at radius 3 is 3.20 bits per heavy atom. The highest BCUT2D eigenvalue weighted by molar-refractivity contribution is 7.13. The van der Waals surface area contributed by atoms with Crippen LogP contribution < -0.4 is 0 Å². The van der Waals surface area contributed by atoms with Crippen LogP contribution in [0.25, 0.3) is 10.2 Å². The molecule has 2 aromatic heterocycles. The zero-order chi connectivity index (χ0) is 6.97. The third kappa shape index (κ3) is 0.708. The SMILES string of the molecule is Cc1ccnc2cnsc12. The van der Waals surface area contributed by atoms with Crippen molar-refractivity contribution in [1.29, 1.82) is 0 Å². The Morgan fingerprint density at radius 1 is 1.50 bits per heavy atom. The van der Waals surface area contributed by atoms with Gasteiger partial charge in [-0.05, 0) is 30.1 Å². The van der Waals surface area contributed by atoms with Crippen LogP contribution in [-0.2, 0) is 0 Å². The van der Waals surface area contributed by atoms with E-state index in [1.807, 2.05) is 12.3 Å². The first kappa shape index (κ1) is 5.80. The molecule has 2 aromatic rings. The molecule has 0 amide bonds. The summed E-state index contributed by atoms with van der Waals surface area (Å²) in [5, 5.41) is 0. The summed E-state index contributed by atoms with van der Waals surface area (Å²) in [6.45, 7) is 2.07. The Kier molecular flexibility index (Phi) is 1.17. The van der Waals surface area contributed by atoms with E-state index in [-0.39, 0.29) is 0 Å². The molecule has 0 aliphatic rings. The summed E-state index contributed by atoms with van der Waals surface area (Å²) in [5.41, 5.74) is 2.26. The minimum Gasteiger partial charge on any atom is -0.254 e. The molecule has 2 rings (SSSR count). The molecule has 0 N–H and O–H groups in total. The topological polar surface area (TPSA) is 25.8 Å². The van der Waals surface area contributed by atoms with Crippen LogP contribution in [0.5, 0.6) is 0 Å². The molecule has 0 radical (unpaired) electrons. The quantitative estimate of drug-likeness (QED) is 0.574. The van der Waals surface area contributed by atoms with Gasteiger partial charge in [0.05, 0.1) is 10.9 Å². The van der Waals surface area contributed by atoms with Crippen LogP contribution in [0.3, 0.4) is 0 Å². The van der Waals surface area contributed by atoms with Gasteiger partial charge in [-0.25, -0.2) is 0 Å². The van der Waals surface area contributed by atoms with Crippen LogP contribution in [0.2, 0.25) is 0 Å². The molecule has 50 valence electrons. The van der Waals surface area contributed by atoms with Crippen LogP contribution in [0.15, 0.2) is 18.5 Å². The summed E-state index contributed by atoms with van der Waals surface area (Å²) in [4.78, 5) is 4.15. The van der Waals surface area contributed by atoms with Crippen LogP contribution in [0, 0.1) is 6.92 Å². The van der Waals surface area contributed by atoms with Crippen molar-refractivity contribution < 1.29 is 0 Å². The van der Waals surface area contributed by atoms with Gasteiger partial charge in [0.15, 0.2) is 0 Å². The van der Waals surface area contributed by atoms with E-state index < -0.39 is 0 Å². The zero-order valence-corrected chi connectivity index (χ0v) is 6.35. The molecule has 2 heterocycles. The van der Waals surface area contributed by atoms with E-state index in [4.69, 9.17) is 0 Å². The van der Waals surface area contributed by atoms with Crippen molar-refractivity contribution in [3.63, 3.8) is 0 Å². The monoisotopic (exact) mass is 150 g/mol. The summed E-state index contributed by atoms with van der Waals surface area (Å²) < 4.78 is 5.24. The van der Waals surface area contributed by atoms with Crippen molar-refractivity contribution >= 4 is 21.7 Å². The van der Waals surface area contributed by atoms with Crippen LogP contribution in [-0.4, -0.2) is 9.36 Å². The lowest BCUT2D eigenvalue weighted by Crippen LogP contribution is -1.73. The van der Waals surface area contributed by atoms with E-state index in [0.29, 0.717) is 0 Å². The number of rotatable bonds is 0. The Balaban J connectivity index is 2.95. The number of hydrogen-bond acceptors (Lipinski definition) is 3. The maximum atomic E-state index is 4.15. The molecule has 0 unspecified atom stereocenters. The molecule has 0 spiro atoms. The van der Waals surface area contributed by atoms with Crippen LogP contribution >= 0.6 is 11.5 Å². The molecule has 0 bridgehead atoms. The Hall–Kier alpha value is -0.960. The highest BCUT2D eigenvalue weighted by Gasteiger charge is 1.97. The van der Waals surface area contributed by atoms with Crippen molar-refractivity contribution in [3.05, 3.63) is 24.0 Å². The highest BCUT2D eigenvalue weighted by Crippen LogP contribution is 2.18.